The van der Waals surface area contributed by atoms with Crippen molar-refractivity contribution < 1.29 is 14.2 Å². The molecule has 3 aromatic carbocycles. The van der Waals surface area contributed by atoms with Gasteiger partial charge in [0.2, 0.25) is 0 Å². The zero-order valence-corrected chi connectivity index (χ0v) is 16.7. The first-order valence-corrected chi connectivity index (χ1v) is 11.0. The van der Waals surface area contributed by atoms with E-state index in [0.29, 0.717) is 0 Å². The summed E-state index contributed by atoms with van der Waals surface area (Å²) in [6.07, 6.45) is 0. The molecule has 0 amide bonds. The van der Waals surface area contributed by atoms with E-state index >= 15 is 0 Å². The minimum absolute atomic E-state index is 0.819. The first-order chi connectivity index (χ1) is 12.6. The fourth-order valence-corrected chi connectivity index (χ4v) is 6.52. The van der Waals surface area contributed by atoms with Gasteiger partial charge in [0.1, 0.15) is 17.2 Å². The maximum absolute atomic E-state index is 6.33. The molecule has 0 aliphatic heterocycles. The molecule has 0 unspecified atom stereocenters. The second-order valence-corrected chi connectivity index (χ2v) is 10.1. The Balaban J connectivity index is 2.16. The third-order valence-electron chi connectivity index (χ3n) is 4.31. The lowest BCUT2D eigenvalue weighted by molar-refractivity contribution is 0.415. The Hall–Kier alpha value is -2.29. The molecule has 3 aromatic rings. The van der Waals surface area contributed by atoms with Gasteiger partial charge in [-0.3, -0.25) is 0 Å². The molecule has 0 fully saturated rings. The van der Waals surface area contributed by atoms with Gasteiger partial charge in [0.25, 0.3) is 0 Å². The summed E-state index contributed by atoms with van der Waals surface area (Å²) < 4.78 is 15.9. The van der Waals surface area contributed by atoms with Crippen LogP contribution in [0.5, 0.6) is 17.2 Å². The number of hydrogen-bond acceptors (Lipinski definition) is 4. The van der Waals surface area contributed by atoms with Crippen molar-refractivity contribution in [2.45, 2.75) is 0 Å². The molecule has 26 heavy (non-hydrogen) atoms. The summed E-state index contributed by atoms with van der Waals surface area (Å²) in [6, 6.07) is 22.0. The van der Waals surface area contributed by atoms with E-state index in [0.717, 1.165) is 33.2 Å². The summed E-state index contributed by atoms with van der Waals surface area (Å²) in [7, 11) is 4.99. The number of hydrogen-bond donors (Lipinski definition) is 0. The van der Waals surface area contributed by atoms with Gasteiger partial charge >= 0.3 is 0 Å². The fourth-order valence-electron chi connectivity index (χ4n) is 2.82. The normalized spacial score (nSPS) is 11.0. The van der Waals surface area contributed by atoms with Crippen molar-refractivity contribution in [3.8, 4) is 17.2 Å². The average Bonchev–Trinajstić information content (AvgIpc) is 2.73. The minimum Gasteiger partial charge on any atom is -0.497 e. The standard InChI is InChI=1S/C21H21O3PS/c1-22-16-4-10-19(11-5-16)25(26,20-12-6-17(23-2)7-13-20)21-14-8-18(24-3)9-15-21/h4-15H,1-3H3. The van der Waals surface area contributed by atoms with Crippen molar-refractivity contribution >= 4 is 33.8 Å². The number of methoxy groups -OCH3 is 3. The Labute approximate surface area is 159 Å². The van der Waals surface area contributed by atoms with Crippen LogP contribution in [0, 0.1) is 0 Å². The number of rotatable bonds is 6. The smallest absolute Gasteiger partial charge is 0.118 e. The van der Waals surface area contributed by atoms with Crippen LogP contribution in [0.15, 0.2) is 72.8 Å². The van der Waals surface area contributed by atoms with Crippen LogP contribution >= 0.6 is 6.04 Å². The van der Waals surface area contributed by atoms with Crippen LogP contribution < -0.4 is 30.1 Å². The highest BCUT2D eigenvalue weighted by atomic mass is 32.4. The molecule has 0 aromatic heterocycles. The van der Waals surface area contributed by atoms with Gasteiger partial charge in [-0.25, -0.2) is 0 Å². The van der Waals surface area contributed by atoms with Gasteiger partial charge in [-0.05, 0) is 88.7 Å². The Morgan fingerprint density at radius 3 is 0.923 bits per heavy atom. The van der Waals surface area contributed by atoms with E-state index in [4.69, 9.17) is 26.0 Å². The summed E-state index contributed by atoms with van der Waals surface area (Å²) >= 11 is 6.33. The molecule has 0 N–H and O–H groups in total. The SMILES string of the molecule is COc1ccc(P(=S)(c2ccc(OC)cc2)c2ccc(OC)cc2)cc1. The molecule has 0 spiro atoms. The number of ether oxygens (including phenoxy) is 3. The van der Waals surface area contributed by atoms with Crippen molar-refractivity contribution in [3.05, 3.63) is 72.8 Å². The van der Waals surface area contributed by atoms with Crippen molar-refractivity contribution in [1.82, 2.24) is 0 Å². The third-order valence-corrected chi connectivity index (χ3v) is 9.28. The summed E-state index contributed by atoms with van der Waals surface area (Å²) in [5, 5.41) is 3.34. The molecule has 0 aliphatic carbocycles. The van der Waals surface area contributed by atoms with Gasteiger partial charge in [-0.15, -0.1) is 0 Å². The van der Waals surface area contributed by atoms with E-state index in [2.05, 4.69) is 36.4 Å². The topological polar surface area (TPSA) is 27.7 Å². The van der Waals surface area contributed by atoms with Crippen LogP contribution in [-0.2, 0) is 11.8 Å². The molecule has 0 aliphatic rings. The lowest BCUT2D eigenvalue weighted by Gasteiger charge is -2.24. The van der Waals surface area contributed by atoms with Crippen molar-refractivity contribution in [3.63, 3.8) is 0 Å². The number of benzene rings is 3. The van der Waals surface area contributed by atoms with Crippen LogP contribution in [0.3, 0.4) is 0 Å². The van der Waals surface area contributed by atoms with Crippen LogP contribution in [-0.4, -0.2) is 21.3 Å². The molecule has 0 heterocycles. The largest absolute Gasteiger partial charge is 0.497 e. The highest BCUT2D eigenvalue weighted by Gasteiger charge is 2.25. The highest BCUT2D eigenvalue weighted by Crippen LogP contribution is 2.43. The summed E-state index contributed by atoms with van der Waals surface area (Å²) in [4.78, 5) is 0. The van der Waals surface area contributed by atoms with Crippen molar-refractivity contribution in [2.24, 2.45) is 0 Å². The molecule has 0 bridgehead atoms. The van der Waals surface area contributed by atoms with Crippen LogP contribution in [0.4, 0.5) is 0 Å². The van der Waals surface area contributed by atoms with E-state index in [1.807, 2.05) is 36.4 Å². The van der Waals surface area contributed by atoms with Gasteiger partial charge in [0, 0.05) is 6.04 Å². The van der Waals surface area contributed by atoms with Crippen LogP contribution in [0.2, 0.25) is 0 Å². The Bertz CT molecular complexity index is 781. The Morgan fingerprint density at radius 2 is 0.731 bits per heavy atom. The van der Waals surface area contributed by atoms with E-state index in [1.54, 1.807) is 21.3 Å². The molecule has 0 radical (unpaired) electrons. The predicted octanol–water partition coefficient (Wildman–Crippen LogP) is 3.47. The van der Waals surface area contributed by atoms with E-state index < -0.39 is 6.04 Å². The zero-order chi connectivity index (χ0) is 18.6. The Kier molecular flexibility index (Phi) is 5.65. The lowest BCUT2D eigenvalue weighted by Crippen LogP contribution is -2.24. The molecule has 134 valence electrons. The first-order valence-electron chi connectivity index (χ1n) is 8.15. The van der Waals surface area contributed by atoms with E-state index in [1.165, 1.54) is 0 Å². The van der Waals surface area contributed by atoms with E-state index in [9.17, 15) is 0 Å². The maximum Gasteiger partial charge on any atom is 0.118 e. The summed E-state index contributed by atoms with van der Waals surface area (Å²) in [5.41, 5.74) is 0. The summed E-state index contributed by atoms with van der Waals surface area (Å²) in [6.45, 7) is 0. The van der Waals surface area contributed by atoms with E-state index in [-0.39, 0.29) is 0 Å². The molecule has 5 heteroatoms. The molecule has 3 nitrogen and oxygen atoms in total. The van der Waals surface area contributed by atoms with Crippen molar-refractivity contribution in [1.29, 1.82) is 0 Å². The van der Waals surface area contributed by atoms with Crippen LogP contribution in [0.25, 0.3) is 0 Å². The molecule has 0 saturated carbocycles. The second-order valence-electron chi connectivity index (χ2n) is 5.70. The predicted molar refractivity (Wildman–Crippen MR) is 112 cm³/mol. The molecule has 3 rings (SSSR count). The quantitative estimate of drug-likeness (QED) is 0.609. The molecule has 0 saturated heterocycles. The van der Waals surface area contributed by atoms with Gasteiger partial charge < -0.3 is 14.2 Å². The monoisotopic (exact) mass is 384 g/mol. The Morgan fingerprint density at radius 1 is 0.500 bits per heavy atom. The fraction of sp³-hybridized carbons (Fsp3) is 0.143. The highest BCUT2D eigenvalue weighted by molar-refractivity contribution is 8.25. The minimum atomic E-state index is -2.20. The third kappa shape index (κ3) is 3.48. The zero-order valence-electron chi connectivity index (χ0n) is 15.0. The van der Waals surface area contributed by atoms with Gasteiger partial charge in [-0.2, -0.15) is 0 Å². The second kappa shape index (κ2) is 7.94. The lowest BCUT2D eigenvalue weighted by atomic mass is 10.3. The van der Waals surface area contributed by atoms with Crippen molar-refractivity contribution in [2.75, 3.05) is 21.3 Å². The molecular formula is C21H21O3PS. The summed E-state index contributed by atoms with van der Waals surface area (Å²) in [5.74, 6) is 2.46. The molecular weight excluding hydrogens is 363 g/mol. The molecule has 0 atom stereocenters. The average molecular weight is 384 g/mol. The van der Waals surface area contributed by atoms with Gasteiger partial charge in [0.05, 0.1) is 21.3 Å². The maximum atomic E-state index is 6.33. The van der Waals surface area contributed by atoms with Gasteiger partial charge in [-0.1, -0.05) is 11.8 Å². The van der Waals surface area contributed by atoms with Gasteiger partial charge in [0.15, 0.2) is 0 Å². The first kappa shape index (κ1) is 18.5. The van der Waals surface area contributed by atoms with Crippen LogP contribution in [0.1, 0.15) is 0 Å².